The number of aliphatic hydroxyl groups is 1. The molecule has 5 nitrogen and oxygen atoms in total. The highest BCUT2D eigenvalue weighted by molar-refractivity contribution is 7.91. The van der Waals surface area contributed by atoms with Crippen molar-refractivity contribution in [2.24, 2.45) is 5.92 Å². The molecule has 0 aliphatic heterocycles. The summed E-state index contributed by atoms with van der Waals surface area (Å²) in [4.78, 5) is 10.0. The topological polar surface area (TPSA) is 91.7 Å². The summed E-state index contributed by atoms with van der Waals surface area (Å²) in [7, 11) is -3.87. The molecule has 1 aromatic rings. The first kappa shape index (κ1) is 14.6. The predicted molar refractivity (Wildman–Crippen MR) is 61.7 cm³/mol. The SMILES string of the molecule is CC(CO)CS(=O)(=O)c1ccc(C(=O)O)cc1F. The van der Waals surface area contributed by atoms with E-state index in [1.54, 1.807) is 0 Å². The fourth-order valence-electron chi connectivity index (χ4n) is 1.40. The van der Waals surface area contributed by atoms with Gasteiger partial charge in [-0.3, -0.25) is 0 Å². The predicted octanol–water partition coefficient (Wildman–Crippen LogP) is 0.926. The van der Waals surface area contributed by atoms with Gasteiger partial charge in [0.2, 0.25) is 0 Å². The average molecular weight is 276 g/mol. The molecule has 18 heavy (non-hydrogen) atoms. The molecule has 0 spiro atoms. The molecule has 0 amide bonds. The third kappa shape index (κ3) is 3.27. The quantitative estimate of drug-likeness (QED) is 0.834. The summed E-state index contributed by atoms with van der Waals surface area (Å²) in [5.74, 6) is -3.34. The first-order valence-electron chi connectivity index (χ1n) is 5.14. The minimum atomic E-state index is -3.87. The zero-order chi connectivity index (χ0) is 13.9. The molecule has 0 saturated carbocycles. The third-order valence-electron chi connectivity index (χ3n) is 2.33. The van der Waals surface area contributed by atoms with Crippen molar-refractivity contribution in [1.82, 2.24) is 0 Å². The smallest absolute Gasteiger partial charge is 0.335 e. The van der Waals surface area contributed by atoms with Gasteiger partial charge in [0.15, 0.2) is 9.84 Å². The average Bonchev–Trinajstić information content (AvgIpc) is 2.27. The van der Waals surface area contributed by atoms with E-state index in [2.05, 4.69) is 0 Å². The van der Waals surface area contributed by atoms with Crippen LogP contribution in [0.2, 0.25) is 0 Å². The Labute approximate surface area is 104 Å². The number of hydrogen-bond acceptors (Lipinski definition) is 4. The van der Waals surface area contributed by atoms with Crippen LogP contribution < -0.4 is 0 Å². The van der Waals surface area contributed by atoms with Crippen LogP contribution in [-0.2, 0) is 9.84 Å². The number of benzene rings is 1. The number of aliphatic hydroxyl groups excluding tert-OH is 1. The summed E-state index contributed by atoms with van der Waals surface area (Å²) in [6.45, 7) is 1.19. The first-order valence-corrected chi connectivity index (χ1v) is 6.79. The van der Waals surface area contributed by atoms with Crippen LogP contribution in [0.5, 0.6) is 0 Å². The molecule has 0 fully saturated rings. The lowest BCUT2D eigenvalue weighted by Crippen LogP contribution is -2.18. The maximum absolute atomic E-state index is 13.6. The van der Waals surface area contributed by atoms with Gasteiger partial charge in [0.05, 0.1) is 11.3 Å². The van der Waals surface area contributed by atoms with Gasteiger partial charge >= 0.3 is 5.97 Å². The summed E-state index contributed by atoms with van der Waals surface area (Å²) < 4.78 is 37.2. The molecule has 0 bridgehead atoms. The van der Waals surface area contributed by atoms with E-state index in [1.165, 1.54) is 6.92 Å². The Balaban J connectivity index is 3.14. The van der Waals surface area contributed by atoms with Gasteiger partial charge < -0.3 is 10.2 Å². The van der Waals surface area contributed by atoms with Crippen molar-refractivity contribution < 1.29 is 27.8 Å². The summed E-state index contributed by atoms with van der Waals surface area (Å²) in [6.07, 6.45) is 0. The van der Waals surface area contributed by atoms with Crippen molar-refractivity contribution in [3.05, 3.63) is 29.6 Å². The van der Waals surface area contributed by atoms with Crippen LogP contribution in [0.4, 0.5) is 4.39 Å². The fraction of sp³-hybridized carbons (Fsp3) is 0.364. The van der Waals surface area contributed by atoms with E-state index in [0.717, 1.165) is 12.1 Å². The van der Waals surface area contributed by atoms with Crippen LogP contribution in [-0.4, -0.2) is 37.0 Å². The van der Waals surface area contributed by atoms with Crippen LogP contribution >= 0.6 is 0 Å². The number of sulfone groups is 1. The second-order valence-corrected chi connectivity index (χ2v) is 6.02. The number of rotatable bonds is 5. The van der Waals surface area contributed by atoms with Crippen LogP contribution in [0.15, 0.2) is 23.1 Å². The number of carboxylic acids is 1. The first-order chi connectivity index (χ1) is 8.27. The van der Waals surface area contributed by atoms with E-state index in [1.807, 2.05) is 0 Å². The molecule has 2 N–H and O–H groups in total. The molecule has 1 aromatic carbocycles. The highest BCUT2D eigenvalue weighted by Crippen LogP contribution is 2.19. The van der Waals surface area contributed by atoms with Crippen molar-refractivity contribution in [3.63, 3.8) is 0 Å². The minimum absolute atomic E-state index is 0.318. The Morgan fingerprint density at radius 1 is 1.44 bits per heavy atom. The second kappa shape index (κ2) is 5.45. The molecular weight excluding hydrogens is 263 g/mol. The summed E-state index contributed by atoms with van der Waals surface area (Å²) >= 11 is 0. The van der Waals surface area contributed by atoms with Crippen molar-refractivity contribution in [2.75, 3.05) is 12.4 Å². The molecule has 0 aliphatic rings. The van der Waals surface area contributed by atoms with Gasteiger partial charge in [-0.1, -0.05) is 6.92 Å². The lowest BCUT2D eigenvalue weighted by Gasteiger charge is -2.10. The molecular formula is C11H13FO5S. The zero-order valence-corrected chi connectivity index (χ0v) is 10.4. The molecule has 0 aromatic heterocycles. The molecule has 1 rings (SSSR count). The molecule has 0 aliphatic carbocycles. The van der Waals surface area contributed by atoms with Crippen molar-refractivity contribution in [3.8, 4) is 0 Å². The molecule has 1 atom stereocenters. The van der Waals surface area contributed by atoms with Gasteiger partial charge in [-0.15, -0.1) is 0 Å². The number of carbonyl (C=O) groups is 1. The molecule has 100 valence electrons. The second-order valence-electron chi connectivity index (χ2n) is 4.02. The Morgan fingerprint density at radius 2 is 2.06 bits per heavy atom. The van der Waals surface area contributed by atoms with Crippen molar-refractivity contribution in [1.29, 1.82) is 0 Å². The third-order valence-corrected chi connectivity index (χ3v) is 4.34. The summed E-state index contributed by atoms with van der Waals surface area (Å²) in [5.41, 5.74) is -0.318. The van der Waals surface area contributed by atoms with E-state index in [-0.39, 0.29) is 12.2 Å². The maximum atomic E-state index is 13.6. The largest absolute Gasteiger partial charge is 0.478 e. The van der Waals surface area contributed by atoms with Gasteiger partial charge in [0.25, 0.3) is 0 Å². The van der Waals surface area contributed by atoms with E-state index in [0.29, 0.717) is 6.07 Å². The van der Waals surface area contributed by atoms with Crippen LogP contribution in [0.25, 0.3) is 0 Å². The monoisotopic (exact) mass is 276 g/mol. The van der Waals surface area contributed by atoms with E-state index < -0.39 is 38.2 Å². The Bertz CT molecular complexity index is 553. The lowest BCUT2D eigenvalue weighted by atomic mass is 10.2. The number of carboxylic acid groups (broad SMARTS) is 1. The van der Waals surface area contributed by atoms with Gasteiger partial charge in [0.1, 0.15) is 10.7 Å². The Kier molecular flexibility index (Phi) is 4.42. The highest BCUT2D eigenvalue weighted by atomic mass is 32.2. The number of hydrogen-bond donors (Lipinski definition) is 2. The molecule has 1 unspecified atom stereocenters. The number of aromatic carboxylic acids is 1. The van der Waals surface area contributed by atoms with E-state index >= 15 is 0 Å². The summed E-state index contributed by atoms with van der Waals surface area (Å²) in [5, 5.41) is 17.4. The molecule has 0 saturated heterocycles. The van der Waals surface area contributed by atoms with E-state index in [9.17, 15) is 17.6 Å². The highest BCUT2D eigenvalue weighted by Gasteiger charge is 2.22. The standard InChI is InChI=1S/C11H13FO5S/c1-7(5-13)6-18(16,17)10-3-2-8(11(14)15)4-9(10)12/h2-4,7,13H,5-6H2,1H3,(H,14,15). The van der Waals surface area contributed by atoms with Gasteiger partial charge in [-0.2, -0.15) is 0 Å². The Hall–Kier alpha value is -1.47. The minimum Gasteiger partial charge on any atom is -0.478 e. The molecule has 7 heteroatoms. The van der Waals surface area contributed by atoms with Crippen LogP contribution in [0, 0.1) is 11.7 Å². The molecule has 0 radical (unpaired) electrons. The van der Waals surface area contributed by atoms with Gasteiger partial charge in [0, 0.05) is 6.61 Å². The van der Waals surface area contributed by atoms with Gasteiger partial charge in [-0.05, 0) is 24.1 Å². The van der Waals surface area contributed by atoms with E-state index in [4.69, 9.17) is 10.2 Å². The summed E-state index contributed by atoms with van der Waals surface area (Å²) in [6, 6.07) is 2.62. The fourth-order valence-corrected chi connectivity index (χ4v) is 3.07. The van der Waals surface area contributed by atoms with Crippen molar-refractivity contribution >= 4 is 15.8 Å². The Morgan fingerprint density at radius 3 is 2.50 bits per heavy atom. The zero-order valence-electron chi connectivity index (χ0n) is 9.63. The maximum Gasteiger partial charge on any atom is 0.335 e. The van der Waals surface area contributed by atoms with Crippen molar-refractivity contribution in [2.45, 2.75) is 11.8 Å². The number of halogens is 1. The van der Waals surface area contributed by atoms with Crippen LogP contribution in [0.3, 0.4) is 0 Å². The molecule has 0 heterocycles. The normalized spacial score (nSPS) is 13.3. The lowest BCUT2D eigenvalue weighted by molar-refractivity contribution is 0.0696. The van der Waals surface area contributed by atoms with Crippen LogP contribution in [0.1, 0.15) is 17.3 Å². The van der Waals surface area contributed by atoms with Gasteiger partial charge in [-0.25, -0.2) is 17.6 Å².